The number of quaternary nitrogens is 1. The van der Waals surface area contributed by atoms with Crippen molar-refractivity contribution >= 4 is 23.1 Å². The van der Waals surface area contributed by atoms with Crippen molar-refractivity contribution in [1.29, 1.82) is 0 Å². The van der Waals surface area contributed by atoms with Crippen LogP contribution in [0.4, 0.5) is 0 Å². The molecule has 6 nitrogen and oxygen atoms in total. The summed E-state index contributed by atoms with van der Waals surface area (Å²) >= 11 is -1.87. The maximum absolute atomic E-state index is 12.5. The van der Waals surface area contributed by atoms with E-state index in [-0.39, 0.29) is 20.9 Å². The number of hydrogen-bond acceptors (Lipinski definition) is 3. The quantitative estimate of drug-likeness (QED) is 0.0915. The molecule has 0 bridgehead atoms. The van der Waals surface area contributed by atoms with Gasteiger partial charge in [0.1, 0.15) is 11.1 Å². The smallest absolute Gasteiger partial charge is 0.340 e. The Hall–Kier alpha value is -2.35. The van der Waals surface area contributed by atoms with Gasteiger partial charge in [0.2, 0.25) is 0 Å². The summed E-state index contributed by atoms with van der Waals surface area (Å²) in [5, 5.41) is 18.2. The monoisotopic (exact) mass is 588 g/mol. The van der Waals surface area contributed by atoms with Gasteiger partial charge in [0, 0.05) is 11.2 Å². The highest BCUT2D eigenvalue weighted by atomic mass is 32.2. The van der Waals surface area contributed by atoms with E-state index < -0.39 is 23.1 Å². The Morgan fingerprint density at radius 2 is 0.976 bits per heavy atom. The Balaban J connectivity index is 0.000000410. The number of unbranched alkanes of at least 4 members (excludes halogenated alkanes) is 13. The predicted octanol–water partition coefficient (Wildman–Crippen LogP) is 8.81. The van der Waals surface area contributed by atoms with E-state index in [4.69, 9.17) is 10.2 Å². The number of rotatable bonds is 20. The number of carbonyl (C=O) groups is 2. The molecule has 0 aliphatic rings. The molecule has 0 heterocycles. The second-order valence-corrected chi connectivity index (χ2v) is 12.9. The number of benzene rings is 2. The summed E-state index contributed by atoms with van der Waals surface area (Å²) in [6.45, 7) is 7.21. The molecule has 2 aromatic carbocycles. The molecule has 0 aliphatic carbocycles. The summed E-state index contributed by atoms with van der Waals surface area (Å²) in [4.78, 5) is 22.4. The molecule has 0 atom stereocenters. The molecule has 0 unspecified atom stereocenters. The lowest BCUT2D eigenvalue weighted by molar-refractivity contribution is -0.888. The van der Waals surface area contributed by atoms with E-state index in [9.17, 15) is 14.1 Å². The molecule has 0 amide bonds. The molecule has 41 heavy (non-hydrogen) atoms. The van der Waals surface area contributed by atoms with Gasteiger partial charge in [-0.15, -0.1) is 0 Å². The van der Waals surface area contributed by atoms with E-state index in [2.05, 4.69) is 27.9 Å². The normalized spacial score (nSPS) is 11.3. The van der Waals surface area contributed by atoms with Gasteiger partial charge in [0.25, 0.3) is 0 Å². The summed E-state index contributed by atoms with van der Waals surface area (Å²) in [6, 6.07) is 11.7. The first-order valence-corrected chi connectivity index (χ1v) is 16.7. The molecule has 0 radical (unpaired) electrons. The average Bonchev–Trinajstić information content (AvgIpc) is 2.97. The van der Waals surface area contributed by atoms with Gasteiger partial charge in [0.05, 0.1) is 27.2 Å². The van der Waals surface area contributed by atoms with Crippen molar-refractivity contribution in [2.45, 2.75) is 114 Å². The standard InChI is InChI=1S/C20H44N.C14H10O5S/c1-5-7-8-9-10-11-12-13-14-15-16-17-18-19-20-21(3,4)6-2;15-13(16)9-5-1-3-7-11(9)20(19)12-8-4-2-6-10(12)14(17)18/h5-20H2,1-4H3;1-8H,(H,15,16)(H,17,18)/q+1;. The third kappa shape index (κ3) is 15.5. The van der Waals surface area contributed by atoms with Crippen molar-refractivity contribution in [2.75, 3.05) is 27.2 Å². The Labute approximate surface area is 251 Å². The maximum Gasteiger partial charge on any atom is 0.340 e. The van der Waals surface area contributed by atoms with E-state index in [1.54, 1.807) is 12.1 Å². The minimum absolute atomic E-state index is 0.0775. The lowest BCUT2D eigenvalue weighted by atomic mass is 10.0. The zero-order valence-electron chi connectivity index (χ0n) is 25.9. The summed E-state index contributed by atoms with van der Waals surface area (Å²) < 4.78 is 13.7. The lowest BCUT2D eigenvalue weighted by Gasteiger charge is -2.28. The van der Waals surface area contributed by atoms with Crippen LogP contribution < -0.4 is 0 Å². The first-order valence-electron chi connectivity index (χ1n) is 15.5. The molecular formula is C34H54NO5S+. The number of nitrogens with zero attached hydrogens (tertiary/aromatic N) is 1. The van der Waals surface area contributed by atoms with Crippen LogP contribution in [0.1, 0.15) is 124 Å². The predicted molar refractivity (Wildman–Crippen MR) is 169 cm³/mol. The highest BCUT2D eigenvalue weighted by Crippen LogP contribution is 2.27. The molecule has 0 saturated carbocycles. The van der Waals surface area contributed by atoms with Gasteiger partial charge in [0.15, 0.2) is 9.79 Å². The lowest BCUT2D eigenvalue weighted by Crippen LogP contribution is -2.39. The van der Waals surface area contributed by atoms with Gasteiger partial charge in [-0.2, -0.15) is 0 Å². The van der Waals surface area contributed by atoms with Crippen molar-refractivity contribution < 1.29 is 28.8 Å². The minimum atomic E-state index is -1.87. The molecular weight excluding hydrogens is 534 g/mol. The molecule has 230 valence electrons. The first kappa shape index (κ1) is 36.7. The van der Waals surface area contributed by atoms with Gasteiger partial charge in [-0.3, -0.25) is 0 Å². The van der Waals surface area contributed by atoms with Crippen LogP contribution in [-0.4, -0.2) is 58.4 Å². The highest BCUT2D eigenvalue weighted by Gasteiger charge is 2.26. The summed E-state index contributed by atoms with van der Waals surface area (Å²) in [7, 11) is 4.70. The fraction of sp³-hybridized carbons (Fsp3) is 0.588. The number of carboxylic acid groups (broad SMARTS) is 2. The van der Waals surface area contributed by atoms with Crippen molar-refractivity contribution in [3.8, 4) is 0 Å². The van der Waals surface area contributed by atoms with Crippen LogP contribution in [0.25, 0.3) is 0 Å². The first-order chi connectivity index (χ1) is 19.6. The van der Waals surface area contributed by atoms with Gasteiger partial charge in [-0.05, 0) is 44.0 Å². The molecule has 0 spiro atoms. The van der Waals surface area contributed by atoms with E-state index >= 15 is 0 Å². The molecule has 2 rings (SSSR count). The second kappa shape index (κ2) is 21.4. The zero-order chi connectivity index (χ0) is 30.5. The maximum atomic E-state index is 12.5. The topological polar surface area (TPSA) is 97.7 Å². The van der Waals surface area contributed by atoms with E-state index in [1.807, 2.05) is 0 Å². The average molecular weight is 589 g/mol. The Morgan fingerprint density at radius 3 is 1.32 bits per heavy atom. The van der Waals surface area contributed by atoms with E-state index in [0.29, 0.717) is 0 Å². The molecule has 0 fully saturated rings. The number of carboxylic acids is 2. The SMILES string of the molecule is CCCCCCCCCCCCCCCC[N+](C)(C)CC.O=C(O)c1ccccc1[S+]([O-])c1ccccc1C(=O)O. The van der Waals surface area contributed by atoms with Gasteiger partial charge in [-0.25, -0.2) is 9.59 Å². The third-order valence-corrected chi connectivity index (χ3v) is 9.12. The van der Waals surface area contributed by atoms with Crippen molar-refractivity contribution in [3.05, 3.63) is 59.7 Å². The van der Waals surface area contributed by atoms with Crippen molar-refractivity contribution in [1.82, 2.24) is 0 Å². The summed E-state index contributed by atoms with van der Waals surface area (Å²) in [5.74, 6) is -2.41. The second-order valence-electron chi connectivity index (χ2n) is 11.4. The molecule has 0 aliphatic heterocycles. The van der Waals surface area contributed by atoms with Crippen LogP contribution in [0.3, 0.4) is 0 Å². The van der Waals surface area contributed by atoms with Crippen LogP contribution in [0.5, 0.6) is 0 Å². The zero-order valence-corrected chi connectivity index (χ0v) is 26.7. The molecule has 0 aromatic heterocycles. The van der Waals surface area contributed by atoms with E-state index in [1.165, 1.54) is 144 Å². The molecule has 7 heteroatoms. The Bertz CT molecular complexity index is 953. The molecule has 0 saturated heterocycles. The fourth-order valence-electron chi connectivity index (χ4n) is 4.62. The van der Waals surface area contributed by atoms with Crippen LogP contribution in [0.15, 0.2) is 58.3 Å². The minimum Gasteiger partial charge on any atom is -0.606 e. The van der Waals surface area contributed by atoms with Gasteiger partial charge >= 0.3 is 11.9 Å². The number of aromatic carboxylic acids is 2. The Morgan fingerprint density at radius 1 is 0.634 bits per heavy atom. The van der Waals surface area contributed by atoms with Crippen LogP contribution >= 0.6 is 0 Å². The third-order valence-electron chi connectivity index (χ3n) is 7.61. The summed E-state index contributed by atoms with van der Waals surface area (Å²) in [6.07, 6.45) is 20.4. The van der Waals surface area contributed by atoms with Gasteiger partial charge in [-0.1, -0.05) is 108 Å². The fourth-order valence-corrected chi connectivity index (χ4v) is 5.97. The molecule has 2 aromatic rings. The van der Waals surface area contributed by atoms with Crippen LogP contribution in [0.2, 0.25) is 0 Å². The van der Waals surface area contributed by atoms with Crippen LogP contribution in [0, 0.1) is 0 Å². The Kier molecular flexibility index (Phi) is 19.1. The van der Waals surface area contributed by atoms with E-state index in [0.717, 1.165) is 0 Å². The highest BCUT2D eigenvalue weighted by molar-refractivity contribution is 7.91. The summed E-state index contributed by atoms with van der Waals surface area (Å²) in [5.41, 5.74) is -0.211. The van der Waals surface area contributed by atoms with Crippen molar-refractivity contribution in [2.24, 2.45) is 0 Å². The van der Waals surface area contributed by atoms with Crippen LogP contribution in [-0.2, 0) is 11.2 Å². The number of hydrogen-bond donors (Lipinski definition) is 2. The van der Waals surface area contributed by atoms with Crippen molar-refractivity contribution in [3.63, 3.8) is 0 Å². The van der Waals surface area contributed by atoms with Gasteiger partial charge < -0.3 is 19.2 Å². The molecule has 2 N–H and O–H groups in total. The largest absolute Gasteiger partial charge is 0.606 e.